The number of phenolic OH excluding ortho intramolecular Hbond substituents is 1. The smallest absolute Gasteiger partial charge is 0.326 e. The fourth-order valence-corrected chi connectivity index (χ4v) is 11.6. The van der Waals surface area contributed by atoms with Gasteiger partial charge in [0.15, 0.2) is 0 Å². The summed E-state index contributed by atoms with van der Waals surface area (Å²) in [5.74, 6) is -10.7. The molecule has 4 aromatic rings. The van der Waals surface area contributed by atoms with Crippen molar-refractivity contribution in [3.8, 4) is 5.75 Å². The molecule has 0 unspecified atom stereocenters. The van der Waals surface area contributed by atoms with Gasteiger partial charge in [-0.3, -0.25) is 52.7 Å². The molecule has 11 amide bonds. The fourth-order valence-electron chi connectivity index (χ4n) is 11.6. The van der Waals surface area contributed by atoms with E-state index in [9.17, 15) is 72.9 Å². The number of aromatic amines is 1. The summed E-state index contributed by atoms with van der Waals surface area (Å²) in [5, 5.41) is 60.7. The van der Waals surface area contributed by atoms with Crippen molar-refractivity contribution >= 4 is 81.9 Å². The van der Waals surface area contributed by atoms with Crippen molar-refractivity contribution in [1.29, 1.82) is 0 Å². The maximum atomic E-state index is 15.0. The first-order chi connectivity index (χ1) is 47.6. The Morgan fingerprint density at radius 3 is 1.70 bits per heavy atom. The minimum absolute atomic E-state index is 0.00600. The van der Waals surface area contributed by atoms with Crippen LogP contribution in [0.5, 0.6) is 5.75 Å². The number of aliphatic carboxylic acids is 1. The second-order valence-corrected chi connectivity index (χ2v) is 28.0. The van der Waals surface area contributed by atoms with Crippen molar-refractivity contribution in [3.05, 3.63) is 114 Å². The third-order valence-corrected chi connectivity index (χ3v) is 17.5. The number of carboxylic acids is 1. The lowest BCUT2D eigenvalue weighted by Gasteiger charge is -2.34. The number of amides is 11. The van der Waals surface area contributed by atoms with Crippen LogP contribution in [0.15, 0.2) is 97.2 Å². The van der Waals surface area contributed by atoms with Gasteiger partial charge in [0.2, 0.25) is 65.0 Å². The lowest BCUT2D eigenvalue weighted by Crippen LogP contribution is -2.64. The molecule has 1 aliphatic heterocycles. The van der Waals surface area contributed by atoms with Crippen LogP contribution in [-0.2, 0) is 76.8 Å². The number of nitrogens with one attached hydrogen (secondary N) is 12. The molecule has 0 aliphatic carbocycles. The number of aliphatic hydroxyl groups excluding tert-OH is 1. The molecule has 0 saturated heterocycles. The molecule has 12 atom stereocenters. The molecule has 28 nitrogen and oxygen atoms in total. The standard InChI is InChI=1S/C73H105N13O15/c1-41(2)33-53(80-66(95)57(36-47-23-17-16-18-24-47)82-65(94)56(37-48-27-29-50(88)30-28-48)79-62(91)45(8)78-68(97)60(74)46(9)87)64(93)81-55(35-43(5)6)67(96)86-73(11)32-22-15-13-12-14-21-31-72(10,70(100)84-58(69(98)99)38-49-39-75-52-26-20-19-25-51(49)52)85-59(89)40-76-61(90)44(7)77-63(92)54(34-42(3)4)83-71(73)101/h12-13,16-20,23-30,39,41-46,53-58,60,75,87-88H,14-15,21-22,31-38,40,74H2,1-11H3,(H,76,90)(H,77,92)(H,78,97)(H,79,91)(H,80,95)(H,81,93)(H,82,94)(H,83,101)(H,84,100)(H,85,89)(H,86,96)(H,98,99)/b13-12+/t44-,45-,46+,53-,54-,55-,56-,57-,58-,60-,72-,73-/m0/s1. The molecule has 0 saturated carbocycles. The van der Waals surface area contributed by atoms with E-state index in [1.54, 1.807) is 36.5 Å². The normalized spacial score (nSPS) is 21.0. The molecule has 0 radical (unpaired) electrons. The van der Waals surface area contributed by atoms with E-state index in [0.717, 1.165) is 10.9 Å². The van der Waals surface area contributed by atoms with Gasteiger partial charge < -0.3 is 84.5 Å². The second kappa shape index (κ2) is 38.8. The summed E-state index contributed by atoms with van der Waals surface area (Å²) in [6, 6.07) is 9.87. The van der Waals surface area contributed by atoms with E-state index in [4.69, 9.17) is 5.73 Å². The molecule has 5 rings (SSSR count). The number of allylic oxidation sites excluding steroid dienone is 2. The van der Waals surface area contributed by atoms with Crippen LogP contribution >= 0.6 is 0 Å². The van der Waals surface area contributed by atoms with E-state index in [0.29, 0.717) is 36.0 Å². The van der Waals surface area contributed by atoms with Crippen molar-refractivity contribution in [2.75, 3.05) is 6.54 Å². The van der Waals surface area contributed by atoms with Gasteiger partial charge in [0, 0.05) is 36.4 Å². The predicted molar refractivity (Wildman–Crippen MR) is 379 cm³/mol. The number of carbonyl (C=O) groups excluding carboxylic acids is 11. The number of hydrogen-bond acceptors (Lipinski definition) is 15. The Bertz CT molecular complexity index is 3540. The van der Waals surface area contributed by atoms with E-state index >= 15 is 0 Å². The highest BCUT2D eigenvalue weighted by Crippen LogP contribution is 2.23. The molecule has 552 valence electrons. The molecule has 28 heteroatoms. The van der Waals surface area contributed by atoms with Gasteiger partial charge in [-0.2, -0.15) is 0 Å². The minimum atomic E-state index is -1.77. The Kier molecular flexibility index (Phi) is 31.5. The monoisotopic (exact) mass is 1400 g/mol. The van der Waals surface area contributed by atoms with E-state index in [1.165, 1.54) is 58.9 Å². The molecule has 2 heterocycles. The van der Waals surface area contributed by atoms with Crippen molar-refractivity contribution < 1.29 is 72.9 Å². The van der Waals surface area contributed by atoms with E-state index in [-0.39, 0.29) is 81.3 Å². The number of benzene rings is 3. The Hall–Kier alpha value is -9.70. The summed E-state index contributed by atoms with van der Waals surface area (Å²) in [6.07, 6.45) is 5.34. The molecule has 1 aromatic heterocycles. The summed E-state index contributed by atoms with van der Waals surface area (Å²) in [7, 11) is 0. The first-order valence-corrected chi connectivity index (χ1v) is 34.6. The lowest BCUT2D eigenvalue weighted by atomic mass is 9.90. The van der Waals surface area contributed by atoms with Gasteiger partial charge in [0.25, 0.3) is 0 Å². The summed E-state index contributed by atoms with van der Waals surface area (Å²) in [5.41, 5.74) is 4.89. The zero-order chi connectivity index (χ0) is 74.9. The molecular formula is C73H105N13O15. The predicted octanol–water partition coefficient (Wildman–Crippen LogP) is 2.53. The third-order valence-electron chi connectivity index (χ3n) is 17.5. The van der Waals surface area contributed by atoms with Gasteiger partial charge in [0.05, 0.1) is 12.6 Å². The van der Waals surface area contributed by atoms with Crippen LogP contribution in [0.25, 0.3) is 10.9 Å². The first-order valence-electron chi connectivity index (χ1n) is 34.6. The first kappa shape index (κ1) is 82.0. The maximum absolute atomic E-state index is 15.0. The largest absolute Gasteiger partial charge is 0.508 e. The molecular weight excluding hydrogens is 1300 g/mol. The number of carbonyl (C=O) groups is 12. The number of nitrogens with two attached hydrogens (primary N) is 1. The number of hydrogen-bond donors (Lipinski definition) is 16. The second-order valence-electron chi connectivity index (χ2n) is 28.0. The number of H-pyrrole nitrogens is 1. The topological polar surface area (TPSA) is 440 Å². The summed E-state index contributed by atoms with van der Waals surface area (Å²) >= 11 is 0. The molecule has 17 N–H and O–H groups in total. The van der Waals surface area contributed by atoms with E-state index < -0.39 is 149 Å². The Morgan fingerprint density at radius 2 is 1.13 bits per heavy atom. The summed E-state index contributed by atoms with van der Waals surface area (Å²) < 4.78 is 0. The Morgan fingerprint density at radius 1 is 0.594 bits per heavy atom. The van der Waals surface area contributed by atoms with Crippen molar-refractivity contribution in [3.63, 3.8) is 0 Å². The molecule has 3 aromatic carbocycles. The van der Waals surface area contributed by atoms with Crippen LogP contribution in [0.3, 0.4) is 0 Å². The zero-order valence-electron chi connectivity index (χ0n) is 59.8. The van der Waals surface area contributed by atoms with Gasteiger partial charge in [-0.05, 0) is 145 Å². The number of aromatic hydroxyl groups is 1. The molecule has 101 heavy (non-hydrogen) atoms. The molecule has 0 bridgehead atoms. The van der Waals surface area contributed by atoms with Crippen LogP contribution in [0.4, 0.5) is 0 Å². The number of carboxylic acid groups (broad SMARTS) is 1. The van der Waals surface area contributed by atoms with Crippen molar-refractivity contribution in [2.24, 2.45) is 23.5 Å². The molecule has 1 aliphatic rings. The average molecular weight is 1400 g/mol. The van der Waals surface area contributed by atoms with Gasteiger partial charge in [0.1, 0.15) is 71.2 Å². The van der Waals surface area contributed by atoms with Crippen LogP contribution in [0.1, 0.15) is 151 Å². The Balaban J connectivity index is 1.40. The van der Waals surface area contributed by atoms with Crippen molar-refractivity contribution in [1.82, 2.24) is 63.5 Å². The average Bonchev–Trinajstić information content (AvgIpc) is 1.79. The quantitative estimate of drug-likeness (QED) is 0.0363. The highest BCUT2D eigenvalue weighted by atomic mass is 16.4. The highest BCUT2D eigenvalue weighted by molar-refractivity contribution is 6.00. The van der Waals surface area contributed by atoms with Crippen molar-refractivity contribution in [2.45, 2.75) is 225 Å². The van der Waals surface area contributed by atoms with Crippen LogP contribution in [0, 0.1) is 17.8 Å². The van der Waals surface area contributed by atoms with E-state index in [1.807, 2.05) is 78.0 Å². The highest BCUT2D eigenvalue weighted by Gasteiger charge is 2.42. The fraction of sp³-hybridized carbons (Fsp3) is 0.534. The maximum Gasteiger partial charge on any atom is 0.326 e. The number of aromatic nitrogens is 1. The third kappa shape index (κ3) is 26.1. The Labute approximate surface area is 590 Å². The SMILES string of the molecule is CC(C)C[C@H](NC(=O)[C@H](Cc1ccccc1)NC(=O)[C@H](Cc1ccc(O)cc1)NC(=O)[C@H](C)NC(=O)[C@@H](N)[C@@H](C)O)C(=O)N[C@@H](CC(C)C)C(=O)N[C@@]1(C)CCC/C=C/CCC[C@@](C)(C(=O)N[C@@H](Cc2c[nH]c3ccccc23)C(=O)O)NC(=O)CNC(=O)[C@H](C)NC(=O)[C@H](CC(C)C)NC1=O. The minimum Gasteiger partial charge on any atom is -0.508 e. The summed E-state index contributed by atoms with van der Waals surface area (Å²) in [6.45, 7) is 17.3. The summed E-state index contributed by atoms with van der Waals surface area (Å²) in [4.78, 5) is 172. The van der Waals surface area contributed by atoms with E-state index in [2.05, 4.69) is 63.5 Å². The van der Waals surface area contributed by atoms with Gasteiger partial charge in [-0.1, -0.05) is 114 Å². The zero-order valence-corrected chi connectivity index (χ0v) is 59.8. The van der Waals surface area contributed by atoms with Gasteiger partial charge in [-0.15, -0.1) is 0 Å². The molecule has 0 fully saturated rings. The lowest BCUT2D eigenvalue weighted by molar-refractivity contribution is -0.143. The van der Waals surface area contributed by atoms with Crippen LogP contribution < -0.4 is 64.2 Å². The number of aliphatic hydroxyl groups is 1. The van der Waals surface area contributed by atoms with Gasteiger partial charge in [-0.25, -0.2) is 4.79 Å². The van der Waals surface area contributed by atoms with Crippen LogP contribution in [0.2, 0.25) is 0 Å². The van der Waals surface area contributed by atoms with Gasteiger partial charge >= 0.3 is 5.97 Å². The number of rotatable bonds is 28. The number of para-hydroxylation sites is 1. The molecule has 0 spiro atoms. The number of fused-ring (bicyclic) bond motifs is 1. The number of phenols is 1. The van der Waals surface area contributed by atoms with Crippen LogP contribution in [-0.4, -0.2) is 169 Å².